The second-order valence-corrected chi connectivity index (χ2v) is 6.00. The largest absolute Gasteiger partial charge is 0.493 e. The minimum atomic E-state index is 0.290. The summed E-state index contributed by atoms with van der Waals surface area (Å²) in [4.78, 5) is 0. The van der Waals surface area contributed by atoms with Gasteiger partial charge in [0.2, 0.25) is 0 Å². The van der Waals surface area contributed by atoms with Crippen LogP contribution in [0.15, 0.2) is 24.3 Å². The zero-order valence-corrected chi connectivity index (χ0v) is 11.1. The molecule has 0 saturated heterocycles. The van der Waals surface area contributed by atoms with Crippen LogP contribution in [0, 0.1) is 0 Å². The normalized spacial score (nSPS) is 20.5. The molecule has 0 aliphatic carbocycles. The van der Waals surface area contributed by atoms with E-state index < -0.39 is 0 Å². The molecule has 1 aliphatic rings. The number of para-hydroxylation sites is 1. The molecular formula is C14H20O2S. The summed E-state index contributed by atoms with van der Waals surface area (Å²) in [5, 5.41) is 9.44. The van der Waals surface area contributed by atoms with Crippen molar-refractivity contribution >= 4 is 11.8 Å². The van der Waals surface area contributed by atoms with Crippen LogP contribution in [0.2, 0.25) is 0 Å². The lowest BCUT2D eigenvalue weighted by Gasteiger charge is -2.26. The minimum Gasteiger partial charge on any atom is -0.493 e. The van der Waals surface area contributed by atoms with Gasteiger partial charge in [-0.2, -0.15) is 11.8 Å². The molecule has 17 heavy (non-hydrogen) atoms. The summed E-state index contributed by atoms with van der Waals surface area (Å²) in [7, 11) is 0. The first-order valence-corrected chi connectivity index (χ1v) is 7.30. The number of hydrogen-bond donors (Lipinski definition) is 1. The highest BCUT2D eigenvalue weighted by Gasteiger charge is 2.21. The summed E-state index contributed by atoms with van der Waals surface area (Å²) in [6.45, 7) is 3.31. The highest BCUT2D eigenvalue weighted by Crippen LogP contribution is 2.36. The van der Waals surface area contributed by atoms with E-state index in [0.717, 1.165) is 31.0 Å². The average molecular weight is 252 g/mol. The highest BCUT2D eigenvalue weighted by atomic mass is 32.2. The molecule has 2 nitrogen and oxygen atoms in total. The number of ether oxygens (including phenoxy) is 1. The maximum absolute atomic E-state index is 8.90. The maximum Gasteiger partial charge on any atom is 0.122 e. The molecule has 0 spiro atoms. The molecule has 1 N–H and O–H groups in total. The summed E-state index contributed by atoms with van der Waals surface area (Å²) in [6, 6.07) is 8.35. The molecule has 3 heteroatoms. The van der Waals surface area contributed by atoms with Gasteiger partial charge in [-0.05, 0) is 30.4 Å². The number of rotatable bonds is 5. The predicted molar refractivity (Wildman–Crippen MR) is 72.9 cm³/mol. The van der Waals surface area contributed by atoms with Crippen molar-refractivity contribution in [2.24, 2.45) is 0 Å². The number of fused-ring (bicyclic) bond motifs is 1. The van der Waals surface area contributed by atoms with Crippen molar-refractivity contribution in [3.05, 3.63) is 29.8 Å². The summed E-state index contributed by atoms with van der Waals surface area (Å²) < 4.78 is 5.66. The zero-order valence-electron chi connectivity index (χ0n) is 10.3. The molecule has 0 bridgehead atoms. The molecule has 2 atom stereocenters. The molecule has 0 saturated carbocycles. The molecule has 0 fully saturated rings. The van der Waals surface area contributed by atoms with Crippen LogP contribution in [-0.4, -0.2) is 29.3 Å². The Hall–Kier alpha value is -0.670. The van der Waals surface area contributed by atoms with Gasteiger partial charge in [0.15, 0.2) is 0 Å². The van der Waals surface area contributed by atoms with Crippen molar-refractivity contribution in [2.75, 3.05) is 19.0 Å². The molecular weight excluding hydrogens is 232 g/mol. The van der Waals surface area contributed by atoms with E-state index in [1.165, 1.54) is 5.56 Å². The maximum atomic E-state index is 8.90. The van der Waals surface area contributed by atoms with Crippen LogP contribution < -0.4 is 4.74 Å². The van der Waals surface area contributed by atoms with Gasteiger partial charge < -0.3 is 9.84 Å². The third-order valence-electron chi connectivity index (χ3n) is 3.20. The van der Waals surface area contributed by atoms with Gasteiger partial charge in [0.1, 0.15) is 5.75 Å². The van der Waals surface area contributed by atoms with Crippen molar-refractivity contribution in [3.63, 3.8) is 0 Å². The van der Waals surface area contributed by atoms with Crippen LogP contribution in [0.5, 0.6) is 5.75 Å². The molecule has 2 rings (SSSR count). The fourth-order valence-corrected chi connectivity index (χ4v) is 3.31. The molecule has 1 aliphatic heterocycles. The standard InChI is InChI=1S/C14H20O2S/c1-11(6-8-15)17-10-12-7-9-16-14-5-3-2-4-13(12)14/h2-5,11-12,15H,6-10H2,1H3. The fraction of sp³-hybridized carbons (Fsp3) is 0.571. The van der Waals surface area contributed by atoms with E-state index in [1.54, 1.807) is 0 Å². The van der Waals surface area contributed by atoms with E-state index in [2.05, 4.69) is 25.1 Å². The summed E-state index contributed by atoms with van der Waals surface area (Å²) in [5.74, 6) is 2.78. The lowest BCUT2D eigenvalue weighted by Crippen LogP contribution is -2.16. The SMILES string of the molecule is CC(CCO)SCC1CCOc2ccccc21. The first-order chi connectivity index (χ1) is 8.31. The molecule has 0 amide bonds. The Morgan fingerprint density at radius 1 is 1.47 bits per heavy atom. The Kier molecular flexibility index (Phi) is 4.75. The van der Waals surface area contributed by atoms with Crippen molar-refractivity contribution < 1.29 is 9.84 Å². The highest BCUT2D eigenvalue weighted by molar-refractivity contribution is 7.99. The van der Waals surface area contributed by atoms with E-state index >= 15 is 0 Å². The fourth-order valence-electron chi connectivity index (χ4n) is 2.13. The smallest absolute Gasteiger partial charge is 0.122 e. The number of hydrogen-bond acceptors (Lipinski definition) is 3. The summed E-state index contributed by atoms with van der Waals surface area (Å²) in [6.07, 6.45) is 1.99. The van der Waals surface area contributed by atoms with Crippen LogP contribution in [0.4, 0.5) is 0 Å². The molecule has 1 heterocycles. The lowest BCUT2D eigenvalue weighted by molar-refractivity contribution is 0.273. The molecule has 0 radical (unpaired) electrons. The molecule has 1 aromatic carbocycles. The van der Waals surface area contributed by atoms with E-state index in [4.69, 9.17) is 9.84 Å². The molecule has 2 unspecified atom stereocenters. The molecule has 0 aromatic heterocycles. The molecule has 94 valence electrons. The predicted octanol–water partition coefficient (Wildman–Crippen LogP) is 3.06. The molecule has 1 aromatic rings. The monoisotopic (exact) mass is 252 g/mol. The Labute approximate surface area is 107 Å². The van der Waals surface area contributed by atoms with Crippen LogP contribution in [-0.2, 0) is 0 Å². The van der Waals surface area contributed by atoms with E-state index in [0.29, 0.717) is 17.8 Å². The van der Waals surface area contributed by atoms with Crippen LogP contribution in [0.3, 0.4) is 0 Å². The first-order valence-electron chi connectivity index (χ1n) is 6.25. The van der Waals surface area contributed by atoms with Gasteiger partial charge in [-0.3, -0.25) is 0 Å². The Morgan fingerprint density at radius 3 is 3.12 bits per heavy atom. The first kappa shape index (κ1) is 12.8. The lowest BCUT2D eigenvalue weighted by atomic mass is 9.95. The van der Waals surface area contributed by atoms with Gasteiger partial charge in [0.25, 0.3) is 0 Å². The minimum absolute atomic E-state index is 0.290. The second kappa shape index (κ2) is 6.31. The topological polar surface area (TPSA) is 29.5 Å². The van der Waals surface area contributed by atoms with Gasteiger partial charge in [0.05, 0.1) is 6.61 Å². The Morgan fingerprint density at radius 2 is 2.29 bits per heavy atom. The van der Waals surface area contributed by atoms with Crippen molar-refractivity contribution in [3.8, 4) is 5.75 Å². The van der Waals surface area contributed by atoms with Gasteiger partial charge >= 0.3 is 0 Å². The summed E-state index contributed by atoms with van der Waals surface area (Å²) >= 11 is 1.96. The van der Waals surface area contributed by atoms with Gasteiger partial charge in [0, 0.05) is 17.6 Å². The van der Waals surface area contributed by atoms with Crippen molar-refractivity contribution in [1.82, 2.24) is 0 Å². The Bertz CT molecular complexity index is 354. The van der Waals surface area contributed by atoms with Gasteiger partial charge in [-0.15, -0.1) is 0 Å². The van der Waals surface area contributed by atoms with E-state index in [1.807, 2.05) is 17.8 Å². The third kappa shape index (κ3) is 3.39. The quantitative estimate of drug-likeness (QED) is 0.873. The average Bonchev–Trinajstić information content (AvgIpc) is 2.36. The zero-order chi connectivity index (χ0) is 12.1. The Balaban J connectivity index is 1.94. The van der Waals surface area contributed by atoms with Crippen LogP contribution >= 0.6 is 11.8 Å². The van der Waals surface area contributed by atoms with Crippen molar-refractivity contribution in [1.29, 1.82) is 0 Å². The number of aliphatic hydroxyl groups is 1. The number of aliphatic hydroxyl groups excluding tert-OH is 1. The van der Waals surface area contributed by atoms with Crippen molar-refractivity contribution in [2.45, 2.75) is 30.9 Å². The number of thioether (sulfide) groups is 1. The van der Waals surface area contributed by atoms with Gasteiger partial charge in [-0.1, -0.05) is 25.1 Å². The van der Waals surface area contributed by atoms with Gasteiger partial charge in [-0.25, -0.2) is 0 Å². The number of benzene rings is 1. The third-order valence-corrected chi connectivity index (χ3v) is 4.60. The second-order valence-electron chi connectivity index (χ2n) is 4.53. The van der Waals surface area contributed by atoms with Crippen LogP contribution in [0.25, 0.3) is 0 Å². The van der Waals surface area contributed by atoms with E-state index in [9.17, 15) is 0 Å². The van der Waals surface area contributed by atoms with E-state index in [-0.39, 0.29) is 0 Å². The van der Waals surface area contributed by atoms with Crippen LogP contribution in [0.1, 0.15) is 31.2 Å². The summed E-state index contributed by atoms with van der Waals surface area (Å²) in [5.41, 5.74) is 1.35.